The number of ether oxygens (including phenoxy) is 2. The van der Waals surface area contributed by atoms with E-state index >= 15 is 0 Å². The van der Waals surface area contributed by atoms with Gasteiger partial charge in [-0.1, -0.05) is 36.4 Å². The quantitative estimate of drug-likeness (QED) is 0.390. The molecular weight excluding hydrogens is 389 g/mol. The van der Waals surface area contributed by atoms with Crippen LogP contribution in [0.15, 0.2) is 60.7 Å². The number of benzene rings is 3. The summed E-state index contributed by atoms with van der Waals surface area (Å²) in [5.41, 5.74) is 3.63. The molecule has 0 aliphatic carbocycles. The summed E-state index contributed by atoms with van der Waals surface area (Å²) < 4.78 is 12.5. The summed E-state index contributed by atoms with van der Waals surface area (Å²) in [5, 5.41) is 18.4. The van der Waals surface area contributed by atoms with Gasteiger partial charge in [0, 0.05) is 11.0 Å². The van der Waals surface area contributed by atoms with E-state index in [4.69, 9.17) is 9.47 Å². The van der Waals surface area contributed by atoms with Gasteiger partial charge in [-0.3, -0.25) is 0 Å². The molecule has 3 aromatic carbocycles. The standard InChI is InChI=1S/C23H10BN5O2/c25-11-20-27-21(12-26)29-23(28-20)13-9-18-22-19(10-13)31-17-8-4-2-6-15(17)24(22)14-5-1-3-7-16(14)30-18/h1-10H. The number of nitriles is 2. The van der Waals surface area contributed by atoms with E-state index in [1.165, 1.54) is 0 Å². The molecule has 2 aliphatic heterocycles. The average molecular weight is 399 g/mol. The van der Waals surface area contributed by atoms with Gasteiger partial charge in [0.05, 0.1) is 0 Å². The summed E-state index contributed by atoms with van der Waals surface area (Å²) in [6.07, 6.45) is 0. The van der Waals surface area contributed by atoms with Gasteiger partial charge < -0.3 is 9.47 Å². The highest BCUT2D eigenvalue weighted by molar-refractivity contribution is 6.98. The third-order valence-corrected chi connectivity index (χ3v) is 5.39. The third-order valence-electron chi connectivity index (χ3n) is 5.39. The monoisotopic (exact) mass is 399 g/mol. The van der Waals surface area contributed by atoms with E-state index in [0.717, 1.165) is 27.9 Å². The third kappa shape index (κ3) is 2.56. The first-order valence-corrected chi connectivity index (χ1v) is 9.53. The van der Waals surface area contributed by atoms with Crippen LogP contribution in [0.2, 0.25) is 0 Å². The molecule has 0 spiro atoms. The lowest BCUT2D eigenvalue weighted by molar-refractivity contribution is 0.465. The van der Waals surface area contributed by atoms with Gasteiger partial charge in [-0.05, 0) is 35.2 Å². The van der Waals surface area contributed by atoms with Crippen LogP contribution in [0, 0.1) is 22.7 Å². The number of hydrogen-bond acceptors (Lipinski definition) is 7. The largest absolute Gasteiger partial charge is 0.458 e. The molecule has 0 N–H and O–H groups in total. The van der Waals surface area contributed by atoms with Gasteiger partial charge in [-0.2, -0.15) is 25.5 Å². The molecular formula is C23H10BN5O2. The molecule has 0 amide bonds. The molecule has 0 bridgehead atoms. The van der Waals surface area contributed by atoms with Crippen molar-refractivity contribution in [3.63, 3.8) is 0 Å². The van der Waals surface area contributed by atoms with E-state index < -0.39 is 0 Å². The number of para-hydroxylation sites is 2. The number of aromatic nitrogens is 3. The summed E-state index contributed by atoms with van der Waals surface area (Å²) >= 11 is 0. The first-order chi connectivity index (χ1) is 15.2. The molecule has 31 heavy (non-hydrogen) atoms. The molecule has 1 aromatic heterocycles. The fraction of sp³-hybridized carbons (Fsp3) is 0. The maximum atomic E-state index is 9.22. The van der Waals surface area contributed by atoms with Gasteiger partial charge in [-0.15, -0.1) is 0 Å². The molecule has 7 nitrogen and oxygen atoms in total. The van der Waals surface area contributed by atoms with Gasteiger partial charge in [0.15, 0.2) is 5.82 Å². The van der Waals surface area contributed by atoms with Gasteiger partial charge in [0.1, 0.15) is 35.1 Å². The number of fused-ring (bicyclic) bond motifs is 4. The van der Waals surface area contributed by atoms with E-state index in [9.17, 15) is 10.5 Å². The Labute approximate surface area is 177 Å². The lowest BCUT2D eigenvalue weighted by Crippen LogP contribution is -2.57. The second-order valence-corrected chi connectivity index (χ2v) is 7.13. The van der Waals surface area contributed by atoms with Crippen LogP contribution in [0.3, 0.4) is 0 Å². The molecule has 0 fully saturated rings. The normalized spacial score (nSPS) is 12.3. The SMILES string of the molecule is N#Cc1nc(C#N)nc(-c2cc3c4c(c2)Oc2ccccc2B4c2ccccc2O3)n1. The van der Waals surface area contributed by atoms with Crippen LogP contribution in [0.4, 0.5) is 0 Å². The van der Waals surface area contributed by atoms with Crippen molar-refractivity contribution in [2.24, 2.45) is 0 Å². The Balaban J connectivity index is 1.61. The predicted octanol–water partition coefficient (Wildman–Crippen LogP) is 2.01. The Morgan fingerprint density at radius 1 is 0.677 bits per heavy atom. The van der Waals surface area contributed by atoms with E-state index in [-0.39, 0.29) is 24.2 Å². The van der Waals surface area contributed by atoms with Gasteiger partial charge in [0.2, 0.25) is 11.6 Å². The van der Waals surface area contributed by atoms with Crippen LogP contribution in [0.25, 0.3) is 11.4 Å². The zero-order valence-electron chi connectivity index (χ0n) is 15.9. The second kappa shape index (κ2) is 6.41. The Kier molecular flexibility index (Phi) is 3.56. The molecule has 142 valence electrons. The Bertz CT molecular complexity index is 1390. The first kappa shape index (κ1) is 17.2. The molecule has 0 saturated carbocycles. The summed E-state index contributed by atoms with van der Waals surface area (Å²) in [7, 11) is 0. The van der Waals surface area contributed by atoms with Crippen molar-refractivity contribution in [2.45, 2.75) is 0 Å². The van der Waals surface area contributed by atoms with E-state index in [1.807, 2.05) is 60.7 Å². The van der Waals surface area contributed by atoms with Crippen molar-refractivity contribution in [1.82, 2.24) is 15.0 Å². The van der Waals surface area contributed by atoms with Crippen molar-refractivity contribution in [2.75, 3.05) is 0 Å². The second-order valence-electron chi connectivity index (χ2n) is 7.13. The molecule has 2 aliphatic rings. The zero-order valence-corrected chi connectivity index (χ0v) is 15.9. The molecule has 6 rings (SSSR count). The maximum absolute atomic E-state index is 9.22. The zero-order chi connectivity index (χ0) is 20.9. The minimum atomic E-state index is -0.122. The highest BCUT2D eigenvalue weighted by Gasteiger charge is 2.40. The molecule has 8 heteroatoms. The predicted molar refractivity (Wildman–Crippen MR) is 112 cm³/mol. The summed E-state index contributed by atoms with van der Waals surface area (Å²) in [6, 6.07) is 23.2. The first-order valence-electron chi connectivity index (χ1n) is 9.53. The number of rotatable bonds is 1. The van der Waals surface area contributed by atoms with Crippen molar-refractivity contribution < 1.29 is 9.47 Å². The smallest absolute Gasteiger partial charge is 0.260 e. The number of hydrogen-bond donors (Lipinski definition) is 0. The topological polar surface area (TPSA) is 105 Å². The van der Waals surface area contributed by atoms with Crippen molar-refractivity contribution in [3.05, 3.63) is 72.3 Å². The van der Waals surface area contributed by atoms with Crippen molar-refractivity contribution >= 4 is 23.1 Å². The molecule has 0 atom stereocenters. The Morgan fingerprint density at radius 3 is 1.71 bits per heavy atom. The molecule has 0 radical (unpaired) electrons. The lowest BCUT2D eigenvalue weighted by atomic mass is 9.35. The molecule has 0 saturated heterocycles. The van der Waals surface area contributed by atoms with Crippen LogP contribution in [-0.4, -0.2) is 21.7 Å². The number of nitrogens with zero attached hydrogens (tertiary/aromatic N) is 5. The Hall–Kier alpha value is -4.69. The summed E-state index contributed by atoms with van der Waals surface area (Å²) in [5.74, 6) is 2.76. The Morgan fingerprint density at radius 2 is 1.19 bits per heavy atom. The van der Waals surface area contributed by atoms with Crippen LogP contribution < -0.4 is 25.9 Å². The van der Waals surface area contributed by atoms with Crippen LogP contribution in [-0.2, 0) is 0 Å². The minimum absolute atomic E-state index is 0.0309. The summed E-state index contributed by atoms with van der Waals surface area (Å²) in [6.45, 7) is -0.0309. The van der Waals surface area contributed by atoms with Crippen molar-refractivity contribution in [3.8, 4) is 46.5 Å². The van der Waals surface area contributed by atoms with Crippen LogP contribution in [0.5, 0.6) is 23.0 Å². The van der Waals surface area contributed by atoms with E-state index in [2.05, 4.69) is 27.1 Å². The van der Waals surface area contributed by atoms with Crippen molar-refractivity contribution in [1.29, 1.82) is 10.5 Å². The molecule has 0 unspecified atom stereocenters. The fourth-order valence-electron chi connectivity index (χ4n) is 4.13. The molecule has 3 heterocycles. The van der Waals surface area contributed by atoms with E-state index in [0.29, 0.717) is 17.1 Å². The van der Waals surface area contributed by atoms with Gasteiger partial charge in [0.25, 0.3) is 6.71 Å². The summed E-state index contributed by atoms with van der Waals surface area (Å²) in [4.78, 5) is 12.2. The van der Waals surface area contributed by atoms with Gasteiger partial charge in [-0.25, -0.2) is 0 Å². The van der Waals surface area contributed by atoms with Crippen LogP contribution >= 0.6 is 0 Å². The van der Waals surface area contributed by atoms with Gasteiger partial charge >= 0.3 is 0 Å². The average Bonchev–Trinajstić information content (AvgIpc) is 2.83. The highest BCUT2D eigenvalue weighted by Crippen LogP contribution is 2.37. The fourth-order valence-corrected chi connectivity index (χ4v) is 4.13. The minimum Gasteiger partial charge on any atom is -0.458 e. The highest BCUT2D eigenvalue weighted by atomic mass is 16.5. The molecule has 4 aromatic rings. The van der Waals surface area contributed by atoms with E-state index in [1.54, 1.807) is 0 Å². The lowest BCUT2D eigenvalue weighted by Gasteiger charge is -2.33. The maximum Gasteiger partial charge on any atom is 0.260 e. The van der Waals surface area contributed by atoms with Crippen LogP contribution in [0.1, 0.15) is 11.6 Å².